The average molecular weight is 356 g/mol. The molecule has 0 bridgehead atoms. The number of piperidine rings is 1. The van der Waals surface area contributed by atoms with Gasteiger partial charge in [-0.3, -0.25) is 9.89 Å². The van der Waals surface area contributed by atoms with E-state index in [4.69, 9.17) is 0 Å². The van der Waals surface area contributed by atoms with E-state index in [0.717, 1.165) is 50.1 Å². The zero-order chi connectivity index (χ0) is 18.5. The molecule has 0 aliphatic carbocycles. The van der Waals surface area contributed by atoms with Gasteiger partial charge in [0.15, 0.2) is 5.82 Å². The Labute approximate surface area is 155 Å². The molecule has 1 aromatic heterocycles. The summed E-state index contributed by atoms with van der Waals surface area (Å²) in [6.45, 7) is 3.68. The average Bonchev–Trinajstić information content (AvgIpc) is 3.20. The molecule has 2 heterocycles. The van der Waals surface area contributed by atoms with Crippen LogP contribution in [-0.2, 0) is 0 Å². The number of nitrogens with zero attached hydrogens (tertiary/aromatic N) is 5. The molecule has 1 atom stereocenters. The maximum Gasteiger partial charge on any atom is 0.253 e. The van der Waals surface area contributed by atoms with Crippen molar-refractivity contribution in [2.45, 2.75) is 18.9 Å². The van der Waals surface area contributed by atoms with Gasteiger partial charge < -0.3 is 14.7 Å². The fourth-order valence-corrected chi connectivity index (χ4v) is 3.34. The molecule has 7 heteroatoms. The topological polar surface area (TPSA) is 68.4 Å². The minimum absolute atomic E-state index is 0.111. The van der Waals surface area contributed by atoms with Crippen molar-refractivity contribution in [2.24, 2.45) is 0 Å². The third kappa shape index (κ3) is 4.47. The molecule has 1 N–H and O–H groups in total. The smallest absolute Gasteiger partial charge is 0.253 e. The SMILES string of the molecule is CN(C)CCN(C)[C@H]1CCCN(C(=O)c2ccc(-c3ncn[nH]3)cc2)C1. The van der Waals surface area contributed by atoms with Gasteiger partial charge in [-0.1, -0.05) is 12.1 Å². The van der Waals surface area contributed by atoms with E-state index in [0.29, 0.717) is 11.9 Å². The minimum atomic E-state index is 0.111. The van der Waals surface area contributed by atoms with Crippen LogP contribution in [0.5, 0.6) is 0 Å². The van der Waals surface area contributed by atoms with Crippen molar-refractivity contribution in [3.8, 4) is 11.4 Å². The van der Waals surface area contributed by atoms with Crippen LogP contribution in [0.1, 0.15) is 23.2 Å². The van der Waals surface area contributed by atoms with Crippen molar-refractivity contribution in [1.82, 2.24) is 29.9 Å². The van der Waals surface area contributed by atoms with E-state index in [2.05, 4.69) is 46.1 Å². The van der Waals surface area contributed by atoms with Crippen LogP contribution >= 0.6 is 0 Å². The first-order valence-corrected chi connectivity index (χ1v) is 9.14. The van der Waals surface area contributed by atoms with Crippen LogP contribution in [-0.4, -0.2) is 89.2 Å². The van der Waals surface area contributed by atoms with Crippen molar-refractivity contribution in [2.75, 3.05) is 47.3 Å². The maximum atomic E-state index is 12.9. The minimum Gasteiger partial charge on any atom is -0.337 e. The van der Waals surface area contributed by atoms with Crippen LogP contribution in [0.15, 0.2) is 30.6 Å². The van der Waals surface area contributed by atoms with Crippen LogP contribution in [0.3, 0.4) is 0 Å². The Morgan fingerprint density at radius 2 is 2.00 bits per heavy atom. The van der Waals surface area contributed by atoms with Crippen LogP contribution < -0.4 is 0 Å². The molecule has 1 saturated heterocycles. The Bertz CT molecular complexity index is 697. The first-order chi connectivity index (χ1) is 12.5. The summed E-state index contributed by atoms with van der Waals surface area (Å²) >= 11 is 0. The number of rotatable bonds is 6. The third-order valence-corrected chi connectivity index (χ3v) is 5.03. The number of benzene rings is 1. The molecule has 3 rings (SSSR count). The molecule has 1 aliphatic heterocycles. The van der Waals surface area contributed by atoms with E-state index in [1.54, 1.807) is 0 Å². The Morgan fingerprint density at radius 1 is 1.23 bits per heavy atom. The van der Waals surface area contributed by atoms with Crippen LogP contribution in [0, 0.1) is 0 Å². The standard InChI is InChI=1S/C19H28N6O/c1-23(2)11-12-24(3)17-5-4-10-25(13-17)19(26)16-8-6-15(7-9-16)18-20-14-21-22-18/h6-9,14,17H,4-5,10-13H2,1-3H3,(H,20,21,22)/t17-/m0/s1. The molecule has 2 aromatic rings. The van der Waals surface area contributed by atoms with E-state index in [1.807, 2.05) is 29.2 Å². The van der Waals surface area contributed by atoms with Gasteiger partial charge in [0.25, 0.3) is 5.91 Å². The Balaban J connectivity index is 1.62. The van der Waals surface area contributed by atoms with Gasteiger partial charge in [0, 0.05) is 43.3 Å². The Morgan fingerprint density at radius 3 is 2.65 bits per heavy atom. The molecule has 26 heavy (non-hydrogen) atoms. The molecular formula is C19H28N6O. The van der Waals surface area contributed by atoms with Gasteiger partial charge in [0.2, 0.25) is 0 Å². The van der Waals surface area contributed by atoms with Crippen molar-refractivity contribution in [3.05, 3.63) is 36.2 Å². The highest BCUT2D eigenvalue weighted by Crippen LogP contribution is 2.19. The third-order valence-electron chi connectivity index (χ3n) is 5.03. The van der Waals surface area contributed by atoms with Gasteiger partial charge in [0.05, 0.1) is 0 Å². The van der Waals surface area contributed by atoms with Crippen molar-refractivity contribution >= 4 is 5.91 Å². The quantitative estimate of drug-likeness (QED) is 0.851. The summed E-state index contributed by atoms with van der Waals surface area (Å²) in [6, 6.07) is 8.01. The Kier molecular flexibility index (Phi) is 6.00. The predicted octanol–water partition coefficient (Wildman–Crippen LogP) is 1.57. The summed E-state index contributed by atoms with van der Waals surface area (Å²) in [5.74, 6) is 0.824. The monoisotopic (exact) mass is 356 g/mol. The Hall–Kier alpha value is -2.25. The maximum absolute atomic E-state index is 12.9. The molecule has 7 nitrogen and oxygen atoms in total. The second-order valence-corrected chi connectivity index (χ2v) is 7.24. The molecule has 0 saturated carbocycles. The fraction of sp³-hybridized carbons (Fsp3) is 0.526. The number of aromatic nitrogens is 3. The molecule has 1 fully saturated rings. The number of hydrogen-bond acceptors (Lipinski definition) is 5. The number of nitrogens with one attached hydrogen (secondary N) is 1. The van der Waals surface area contributed by atoms with Crippen molar-refractivity contribution < 1.29 is 4.79 Å². The molecule has 0 spiro atoms. The molecular weight excluding hydrogens is 328 g/mol. The molecule has 1 amide bonds. The summed E-state index contributed by atoms with van der Waals surface area (Å²) in [5.41, 5.74) is 1.66. The summed E-state index contributed by atoms with van der Waals surface area (Å²) in [6.07, 6.45) is 3.69. The molecule has 1 aliphatic rings. The zero-order valence-corrected chi connectivity index (χ0v) is 15.9. The van der Waals surface area contributed by atoms with E-state index in [1.165, 1.54) is 6.33 Å². The van der Waals surface area contributed by atoms with E-state index < -0.39 is 0 Å². The number of likely N-dealkylation sites (N-methyl/N-ethyl adjacent to an activating group) is 2. The summed E-state index contributed by atoms with van der Waals surface area (Å²) in [7, 11) is 6.34. The van der Waals surface area contributed by atoms with Gasteiger partial charge in [-0.05, 0) is 46.1 Å². The van der Waals surface area contributed by atoms with E-state index in [-0.39, 0.29) is 5.91 Å². The zero-order valence-electron chi connectivity index (χ0n) is 15.9. The van der Waals surface area contributed by atoms with Crippen LogP contribution in [0.4, 0.5) is 0 Å². The number of H-pyrrole nitrogens is 1. The first-order valence-electron chi connectivity index (χ1n) is 9.14. The second kappa shape index (κ2) is 8.42. The summed E-state index contributed by atoms with van der Waals surface area (Å²) in [5, 5.41) is 6.70. The number of hydrogen-bond donors (Lipinski definition) is 1. The van der Waals surface area contributed by atoms with Crippen LogP contribution in [0.25, 0.3) is 11.4 Å². The van der Waals surface area contributed by atoms with Crippen molar-refractivity contribution in [3.63, 3.8) is 0 Å². The van der Waals surface area contributed by atoms with Gasteiger partial charge >= 0.3 is 0 Å². The van der Waals surface area contributed by atoms with E-state index in [9.17, 15) is 4.79 Å². The second-order valence-electron chi connectivity index (χ2n) is 7.24. The molecule has 0 radical (unpaired) electrons. The number of aromatic amines is 1. The first kappa shape index (κ1) is 18.5. The molecule has 140 valence electrons. The number of amides is 1. The highest BCUT2D eigenvalue weighted by atomic mass is 16.2. The lowest BCUT2D eigenvalue weighted by Crippen LogP contribution is -2.49. The normalized spacial score (nSPS) is 17.9. The highest BCUT2D eigenvalue weighted by Gasteiger charge is 2.26. The van der Waals surface area contributed by atoms with Crippen molar-refractivity contribution in [1.29, 1.82) is 0 Å². The van der Waals surface area contributed by atoms with Gasteiger partial charge in [-0.2, -0.15) is 5.10 Å². The number of likely N-dealkylation sites (tertiary alicyclic amines) is 1. The predicted molar refractivity (Wildman–Crippen MR) is 102 cm³/mol. The number of carbonyl (C=O) groups excluding carboxylic acids is 1. The largest absolute Gasteiger partial charge is 0.337 e. The van der Waals surface area contributed by atoms with Gasteiger partial charge in [-0.15, -0.1) is 0 Å². The fourth-order valence-electron chi connectivity index (χ4n) is 3.34. The van der Waals surface area contributed by atoms with Gasteiger partial charge in [0.1, 0.15) is 6.33 Å². The number of carbonyl (C=O) groups is 1. The van der Waals surface area contributed by atoms with Crippen LogP contribution in [0.2, 0.25) is 0 Å². The lowest BCUT2D eigenvalue weighted by Gasteiger charge is -2.38. The highest BCUT2D eigenvalue weighted by molar-refractivity contribution is 5.94. The summed E-state index contributed by atoms with van der Waals surface area (Å²) < 4.78 is 0. The van der Waals surface area contributed by atoms with Gasteiger partial charge in [-0.25, -0.2) is 4.98 Å². The summed E-state index contributed by atoms with van der Waals surface area (Å²) in [4.78, 5) is 23.6. The molecule has 1 aromatic carbocycles. The lowest BCUT2D eigenvalue weighted by atomic mass is 10.0. The van der Waals surface area contributed by atoms with E-state index >= 15 is 0 Å². The molecule has 0 unspecified atom stereocenters. The lowest BCUT2D eigenvalue weighted by molar-refractivity contribution is 0.0603.